The van der Waals surface area contributed by atoms with Crippen molar-refractivity contribution in [1.29, 1.82) is 0 Å². The van der Waals surface area contributed by atoms with Crippen LogP contribution in [0.15, 0.2) is 24.3 Å². The summed E-state index contributed by atoms with van der Waals surface area (Å²) in [7, 11) is 0. The molecule has 5 heteroatoms. The highest BCUT2D eigenvalue weighted by Crippen LogP contribution is 2.33. The summed E-state index contributed by atoms with van der Waals surface area (Å²) in [6.45, 7) is 4.75. The molecule has 0 unspecified atom stereocenters. The van der Waals surface area contributed by atoms with Gasteiger partial charge in [-0.25, -0.2) is 9.67 Å². The first kappa shape index (κ1) is 14.8. The monoisotopic (exact) mass is 313 g/mol. The van der Waals surface area contributed by atoms with Crippen molar-refractivity contribution in [3.63, 3.8) is 0 Å². The summed E-state index contributed by atoms with van der Waals surface area (Å²) < 4.78 is 13.2. The smallest absolute Gasteiger partial charge is 0.176 e. The van der Waals surface area contributed by atoms with Crippen molar-refractivity contribution in [2.24, 2.45) is 0 Å². The van der Waals surface area contributed by atoms with E-state index in [0.717, 1.165) is 44.1 Å². The van der Waals surface area contributed by atoms with Crippen molar-refractivity contribution in [1.82, 2.24) is 14.8 Å². The first-order valence-electron chi connectivity index (χ1n) is 8.52. The molecule has 0 bridgehead atoms. The maximum atomic E-state index is 5.57. The van der Waals surface area contributed by atoms with Crippen molar-refractivity contribution in [3.05, 3.63) is 47.0 Å². The number of hydrogen-bond acceptors (Lipinski definition) is 4. The topological polar surface area (TPSA) is 49.2 Å². The van der Waals surface area contributed by atoms with E-state index < -0.39 is 0 Å². The number of benzene rings is 1. The van der Waals surface area contributed by atoms with Crippen molar-refractivity contribution in [2.45, 2.75) is 44.8 Å². The van der Waals surface area contributed by atoms with Gasteiger partial charge in [-0.15, -0.1) is 0 Å². The third-order valence-corrected chi connectivity index (χ3v) is 4.81. The van der Waals surface area contributed by atoms with Crippen LogP contribution in [0.3, 0.4) is 0 Å². The number of nitrogens with zero attached hydrogens (tertiary/aromatic N) is 3. The maximum absolute atomic E-state index is 5.57. The van der Waals surface area contributed by atoms with Crippen LogP contribution in [0, 0.1) is 0 Å². The number of fused-ring (bicyclic) bond motifs is 1. The summed E-state index contributed by atoms with van der Waals surface area (Å²) in [6, 6.07) is 9.06. The molecule has 5 nitrogen and oxygen atoms in total. The lowest BCUT2D eigenvalue weighted by atomic mass is 10.1. The standard InChI is InChI=1S/C18H23N3O2/c1-2-22-12-17-19-18(15-7-8-23-11-15)21(20-17)16-9-13-5-3-4-6-14(13)10-16/h3-6,15-16H,2,7-12H2,1H3/t15-/m0/s1. The molecule has 1 aromatic carbocycles. The Kier molecular flexibility index (Phi) is 4.14. The van der Waals surface area contributed by atoms with E-state index in [0.29, 0.717) is 25.2 Å². The molecule has 2 aliphatic rings. The predicted molar refractivity (Wildman–Crippen MR) is 86.4 cm³/mol. The van der Waals surface area contributed by atoms with Crippen LogP contribution < -0.4 is 0 Å². The minimum absolute atomic E-state index is 0.363. The Morgan fingerprint density at radius 3 is 2.70 bits per heavy atom. The molecule has 0 saturated carbocycles. The van der Waals surface area contributed by atoms with Crippen molar-refractivity contribution in [3.8, 4) is 0 Å². The summed E-state index contributed by atoms with van der Waals surface area (Å²) in [5, 5.41) is 4.78. The average Bonchev–Trinajstić information content (AvgIpc) is 3.29. The van der Waals surface area contributed by atoms with E-state index in [4.69, 9.17) is 19.6 Å². The van der Waals surface area contributed by atoms with Crippen molar-refractivity contribution >= 4 is 0 Å². The van der Waals surface area contributed by atoms with E-state index in [-0.39, 0.29) is 0 Å². The largest absolute Gasteiger partial charge is 0.381 e. The van der Waals surface area contributed by atoms with Crippen LogP contribution in [0.25, 0.3) is 0 Å². The lowest BCUT2D eigenvalue weighted by Gasteiger charge is -2.15. The van der Waals surface area contributed by atoms with Crippen LogP contribution in [-0.2, 0) is 28.9 Å². The molecule has 2 aromatic rings. The van der Waals surface area contributed by atoms with Crippen LogP contribution in [0.5, 0.6) is 0 Å². The van der Waals surface area contributed by atoms with Gasteiger partial charge in [0.25, 0.3) is 0 Å². The molecule has 122 valence electrons. The average molecular weight is 313 g/mol. The summed E-state index contributed by atoms with van der Waals surface area (Å²) in [6.07, 6.45) is 3.11. The molecule has 1 aromatic heterocycles. The molecular weight excluding hydrogens is 290 g/mol. The molecule has 1 aliphatic carbocycles. The van der Waals surface area contributed by atoms with Gasteiger partial charge in [-0.1, -0.05) is 24.3 Å². The van der Waals surface area contributed by atoms with E-state index in [9.17, 15) is 0 Å². The first-order valence-corrected chi connectivity index (χ1v) is 8.52. The Hall–Kier alpha value is -1.72. The van der Waals surface area contributed by atoms with E-state index in [1.54, 1.807) is 0 Å². The maximum Gasteiger partial charge on any atom is 0.176 e. The fourth-order valence-corrected chi connectivity index (χ4v) is 3.63. The molecular formula is C18H23N3O2. The zero-order chi connectivity index (χ0) is 15.6. The fourth-order valence-electron chi connectivity index (χ4n) is 3.63. The number of hydrogen-bond donors (Lipinski definition) is 0. The second-order valence-corrected chi connectivity index (χ2v) is 6.36. The fraction of sp³-hybridized carbons (Fsp3) is 0.556. The normalized spacial score (nSPS) is 21.0. The second kappa shape index (κ2) is 6.42. The van der Waals surface area contributed by atoms with Gasteiger partial charge in [0.15, 0.2) is 5.82 Å². The third-order valence-electron chi connectivity index (χ3n) is 4.81. The van der Waals surface area contributed by atoms with Crippen LogP contribution in [0.4, 0.5) is 0 Å². The van der Waals surface area contributed by atoms with E-state index in [1.807, 2.05) is 6.92 Å². The van der Waals surface area contributed by atoms with Crippen LogP contribution in [0.1, 0.15) is 48.1 Å². The minimum atomic E-state index is 0.363. The molecule has 1 fully saturated rings. The van der Waals surface area contributed by atoms with Gasteiger partial charge in [0.2, 0.25) is 0 Å². The molecule has 0 amide bonds. The van der Waals surface area contributed by atoms with Crippen LogP contribution in [0.2, 0.25) is 0 Å². The predicted octanol–water partition coefficient (Wildman–Crippen LogP) is 2.66. The van der Waals surface area contributed by atoms with Gasteiger partial charge in [0.05, 0.1) is 12.6 Å². The molecule has 1 saturated heterocycles. The summed E-state index contributed by atoms with van der Waals surface area (Å²) in [5.74, 6) is 2.24. The van der Waals surface area contributed by atoms with Gasteiger partial charge in [-0.2, -0.15) is 5.10 Å². The molecule has 1 atom stereocenters. The Bertz CT molecular complexity index is 652. The molecule has 0 N–H and O–H groups in total. The lowest BCUT2D eigenvalue weighted by Crippen LogP contribution is -2.17. The van der Waals surface area contributed by atoms with Gasteiger partial charge < -0.3 is 9.47 Å². The quantitative estimate of drug-likeness (QED) is 0.851. The molecule has 1 aliphatic heterocycles. The molecule has 0 spiro atoms. The molecule has 0 radical (unpaired) electrons. The van der Waals surface area contributed by atoms with E-state index in [2.05, 4.69) is 28.9 Å². The Balaban J connectivity index is 1.62. The summed E-state index contributed by atoms with van der Waals surface area (Å²) >= 11 is 0. The minimum Gasteiger partial charge on any atom is -0.381 e. The van der Waals surface area contributed by atoms with Gasteiger partial charge in [-0.3, -0.25) is 0 Å². The van der Waals surface area contributed by atoms with E-state index >= 15 is 0 Å². The Labute approximate surface area is 136 Å². The zero-order valence-corrected chi connectivity index (χ0v) is 13.6. The van der Waals surface area contributed by atoms with Gasteiger partial charge in [0, 0.05) is 19.1 Å². The molecule has 2 heterocycles. The van der Waals surface area contributed by atoms with Gasteiger partial charge in [0.1, 0.15) is 12.4 Å². The molecule has 23 heavy (non-hydrogen) atoms. The Morgan fingerprint density at radius 2 is 2.04 bits per heavy atom. The first-order chi connectivity index (χ1) is 11.3. The highest BCUT2D eigenvalue weighted by molar-refractivity contribution is 5.33. The molecule has 4 rings (SSSR count). The SMILES string of the molecule is CCOCc1nc([C@H]2CCOC2)n(C2Cc3ccccc3C2)n1. The highest BCUT2D eigenvalue weighted by atomic mass is 16.5. The van der Waals surface area contributed by atoms with E-state index in [1.165, 1.54) is 11.1 Å². The zero-order valence-electron chi connectivity index (χ0n) is 13.6. The van der Waals surface area contributed by atoms with Crippen LogP contribution >= 0.6 is 0 Å². The van der Waals surface area contributed by atoms with Crippen molar-refractivity contribution < 1.29 is 9.47 Å². The number of aromatic nitrogens is 3. The van der Waals surface area contributed by atoms with Gasteiger partial charge >= 0.3 is 0 Å². The second-order valence-electron chi connectivity index (χ2n) is 6.36. The lowest BCUT2D eigenvalue weighted by molar-refractivity contribution is 0.128. The number of rotatable bonds is 5. The third kappa shape index (κ3) is 2.91. The van der Waals surface area contributed by atoms with Gasteiger partial charge in [-0.05, 0) is 37.3 Å². The van der Waals surface area contributed by atoms with Crippen molar-refractivity contribution in [2.75, 3.05) is 19.8 Å². The Morgan fingerprint density at radius 1 is 1.26 bits per heavy atom. The van der Waals surface area contributed by atoms with Crippen LogP contribution in [-0.4, -0.2) is 34.6 Å². The summed E-state index contributed by atoms with van der Waals surface area (Å²) in [5.41, 5.74) is 2.88. The summed E-state index contributed by atoms with van der Waals surface area (Å²) in [4.78, 5) is 4.78. The highest BCUT2D eigenvalue weighted by Gasteiger charge is 2.30. The number of ether oxygens (including phenoxy) is 2.